The molecule has 154 valence electrons. The molecule has 1 aliphatic rings. The fourth-order valence-corrected chi connectivity index (χ4v) is 5.50. The van der Waals surface area contributed by atoms with Gasteiger partial charge in [0.2, 0.25) is 0 Å². The lowest BCUT2D eigenvalue weighted by Crippen LogP contribution is -2.40. The van der Waals surface area contributed by atoms with Gasteiger partial charge in [-0.1, -0.05) is 26.7 Å². The second-order valence-corrected chi connectivity index (χ2v) is 9.94. The molecule has 3 rings (SSSR count). The Labute approximate surface area is 174 Å². The van der Waals surface area contributed by atoms with Crippen molar-refractivity contribution in [3.05, 3.63) is 30.0 Å². The van der Waals surface area contributed by atoms with Crippen LogP contribution in [0.25, 0.3) is 10.9 Å². The summed E-state index contributed by atoms with van der Waals surface area (Å²) in [7, 11) is 1.72. The molecule has 5 heteroatoms. The largest absolute Gasteiger partial charge is 0.497 e. The molecule has 0 unspecified atom stereocenters. The maximum Gasteiger partial charge on any atom is 0.121 e. The van der Waals surface area contributed by atoms with E-state index in [9.17, 15) is 0 Å². The Hall–Kier alpha value is -1.46. The van der Waals surface area contributed by atoms with Crippen molar-refractivity contribution in [2.24, 2.45) is 0 Å². The second-order valence-electron chi connectivity index (χ2n) is 8.06. The molecule has 0 aliphatic carbocycles. The zero-order chi connectivity index (χ0) is 19.9. The first-order chi connectivity index (χ1) is 13.6. The van der Waals surface area contributed by atoms with Crippen molar-refractivity contribution in [1.82, 2.24) is 9.88 Å². The van der Waals surface area contributed by atoms with Crippen LogP contribution in [0.1, 0.15) is 45.1 Å². The Morgan fingerprint density at radius 2 is 1.89 bits per heavy atom. The van der Waals surface area contributed by atoms with E-state index >= 15 is 0 Å². The number of thioether (sulfide) groups is 1. The number of nitrogens with zero attached hydrogens (tertiary/aromatic N) is 2. The molecule has 2 atom stereocenters. The number of nitrogens with one attached hydrogen (secondary N) is 1. The Bertz CT molecular complexity index is 757. The van der Waals surface area contributed by atoms with Crippen molar-refractivity contribution in [2.75, 3.05) is 38.6 Å². The highest BCUT2D eigenvalue weighted by Crippen LogP contribution is 2.30. The number of aryl methyl sites for hydroxylation is 1. The normalized spacial score (nSPS) is 20.4. The minimum absolute atomic E-state index is 0.780. The summed E-state index contributed by atoms with van der Waals surface area (Å²) >= 11 is 2.13. The van der Waals surface area contributed by atoms with Gasteiger partial charge >= 0.3 is 0 Å². The first-order valence-electron chi connectivity index (χ1n) is 10.6. The highest BCUT2D eigenvalue weighted by Gasteiger charge is 2.21. The summed E-state index contributed by atoms with van der Waals surface area (Å²) < 4.78 is 5.48. The number of anilines is 1. The lowest BCUT2D eigenvalue weighted by molar-refractivity contribution is 0.264. The van der Waals surface area contributed by atoms with E-state index in [0.29, 0.717) is 0 Å². The van der Waals surface area contributed by atoms with Crippen LogP contribution in [0.2, 0.25) is 0 Å². The van der Waals surface area contributed by atoms with Gasteiger partial charge in [0.1, 0.15) is 5.75 Å². The summed E-state index contributed by atoms with van der Waals surface area (Å²) in [5.41, 5.74) is 3.34. The van der Waals surface area contributed by atoms with Gasteiger partial charge in [-0.2, -0.15) is 11.8 Å². The van der Waals surface area contributed by atoms with Gasteiger partial charge in [-0.3, -0.25) is 4.98 Å². The van der Waals surface area contributed by atoms with E-state index in [2.05, 4.69) is 59.9 Å². The number of pyridine rings is 1. The number of benzene rings is 1. The van der Waals surface area contributed by atoms with E-state index in [1.54, 1.807) is 7.11 Å². The van der Waals surface area contributed by atoms with Gasteiger partial charge in [-0.25, -0.2) is 0 Å². The number of fused-ring (bicyclic) bond motifs is 1. The third-order valence-corrected chi connectivity index (χ3v) is 6.71. The molecule has 4 nitrogen and oxygen atoms in total. The van der Waals surface area contributed by atoms with Crippen molar-refractivity contribution >= 4 is 28.4 Å². The van der Waals surface area contributed by atoms with Crippen molar-refractivity contribution in [1.29, 1.82) is 0 Å². The molecule has 2 heterocycles. The fraction of sp³-hybridized carbons (Fsp3) is 0.609. The highest BCUT2D eigenvalue weighted by atomic mass is 32.2. The zero-order valence-corrected chi connectivity index (χ0v) is 18.6. The molecule has 2 aromatic rings. The Balaban J connectivity index is 1.41. The lowest BCUT2D eigenvalue weighted by Gasteiger charge is -2.34. The van der Waals surface area contributed by atoms with E-state index in [0.717, 1.165) is 39.4 Å². The Morgan fingerprint density at radius 3 is 2.64 bits per heavy atom. The Kier molecular flexibility index (Phi) is 7.86. The third kappa shape index (κ3) is 5.77. The standard InChI is InChI=1S/C23H35N3OS/c1-17-9-11-25-23-21(17)13-20(27-4)14-22(23)24-10-7-5-6-8-12-26-15-18(2)28-19(3)16-26/h9,11,13-14,18-19,24H,5-8,10,12,15-16H2,1-4H3/t18-,19+. The van der Waals surface area contributed by atoms with Crippen LogP contribution in [-0.4, -0.2) is 53.7 Å². The minimum Gasteiger partial charge on any atom is -0.497 e. The molecular formula is C23H35N3OS. The van der Waals surface area contributed by atoms with Crippen LogP contribution in [0, 0.1) is 6.92 Å². The number of ether oxygens (including phenoxy) is 1. The summed E-state index contributed by atoms with van der Waals surface area (Å²) in [6.45, 7) is 11.6. The predicted octanol–water partition coefficient (Wildman–Crippen LogP) is 5.35. The molecule has 28 heavy (non-hydrogen) atoms. The van der Waals surface area contributed by atoms with Gasteiger partial charge in [-0.05, 0) is 44.0 Å². The number of unbranched alkanes of at least 4 members (excludes halogenated alkanes) is 3. The molecule has 1 N–H and O–H groups in total. The van der Waals surface area contributed by atoms with Crippen molar-refractivity contribution in [3.63, 3.8) is 0 Å². The van der Waals surface area contributed by atoms with Gasteiger partial charge in [0.15, 0.2) is 0 Å². The van der Waals surface area contributed by atoms with Gasteiger partial charge in [0, 0.05) is 47.8 Å². The monoisotopic (exact) mass is 401 g/mol. The van der Waals surface area contributed by atoms with Crippen LogP contribution in [0.15, 0.2) is 24.4 Å². The second kappa shape index (κ2) is 10.4. The summed E-state index contributed by atoms with van der Waals surface area (Å²) in [4.78, 5) is 7.24. The topological polar surface area (TPSA) is 37.4 Å². The molecule has 1 aliphatic heterocycles. The van der Waals surface area contributed by atoms with Gasteiger partial charge in [-0.15, -0.1) is 0 Å². The van der Waals surface area contributed by atoms with Gasteiger partial charge in [0.25, 0.3) is 0 Å². The van der Waals surface area contributed by atoms with Gasteiger partial charge in [0.05, 0.1) is 18.3 Å². The van der Waals surface area contributed by atoms with E-state index in [1.807, 2.05) is 12.3 Å². The molecule has 1 saturated heterocycles. The van der Waals surface area contributed by atoms with E-state index < -0.39 is 0 Å². The molecule has 1 aromatic heterocycles. The van der Waals surface area contributed by atoms with Crippen molar-refractivity contribution in [3.8, 4) is 5.75 Å². The molecule has 0 spiro atoms. The minimum atomic E-state index is 0.780. The number of rotatable bonds is 9. The summed E-state index contributed by atoms with van der Waals surface area (Å²) in [6.07, 6.45) is 6.97. The Morgan fingerprint density at radius 1 is 1.14 bits per heavy atom. The first kappa shape index (κ1) is 21.3. The molecule has 1 fully saturated rings. The van der Waals surface area contributed by atoms with Crippen LogP contribution in [0.4, 0.5) is 5.69 Å². The molecule has 0 amide bonds. The number of aromatic nitrogens is 1. The quantitative estimate of drug-likeness (QED) is 0.573. The number of hydrogen-bond acceptors (Lipinski definition) is 5. The SMILES string of the molecule is COc1cc(NCCCCCCN2C[C@@H](C)S[C@@H](C)C2)c2nccc(C)c2c1. The predicted molar refractivity (Wildman–Crippen MR) is 123 cm³/mol. The van der Waals surface area contributed by atoms with E-state index in [-0.39, 0.29) is 0 Å². The average Bonchev–Trinajstić information content (AvgIpc) is 2.66. The first-order valence-corrected chi connectivity index (χ1v) is 11.6. The molecule has 0 bridgehead atoms. The number of methoxy groups -OCH3 is 1. The van der Waals surface area contributed by atoms with E-state index in [4.69, 9.17) is 4.74 Å². The van der Waals surface area contributed by atoms with Crippen LogP contribution in [0.5, 0.6) is 5.75 Å². The van der Waals surface area contributed by atoms with Crippen LogP contribution in [-0.2, 0) is 0 Å². The van der Waals surface area contributed by atoms with Crippen LogP contribution >= 0.6 is 11.8 Å². The fourth-order valence-electron chi connectivity index (χ4n) is 4.12. The van der Waals surface area contributed by atoms with Crippen molar-refractivity contribution in [2.45, 2.75) is 57.0 Å². The summed E-state index contributed by atoms with van der Waals surface area (Å²) in [5.74, 6) is 0.884. The van der Waals surface area contributed by atoms with E-state index in [1.165, 1.54) is 50.9 Å². The van der Waals surface area contributed by atoms with Crippen LogP contribution in [0.3, 0.4) is 0 Å². The number of hydrogen-bond donors (Lipinski definition) is 1. The maximum atomic E-state index is 5.48. The maximum absolute atomic E-state index is 5.48. The molecule has 0 radical (unpaired) electrons. The highest BCUT2D eigenvalue weighted by molar-refractivity contribution is 8.00. The molecule has 0 saturated carbocycles. The third-order valence-electron chi connectivity index (χ3n) is 5.48. The smallest absolute Gasteiger partial charge is 0.121 e. The zero-order valence-electron chi connectivity index (χ0n) is 17.8. The van der Waals surface area contributed by atoms with Gasteiger partial charge < -0.3 is 15.0 Å². The van der Waals surface area contributed by atoms with Crippen LogP contribution < -0.4 is 10.1 Å². The molecular weight excluding hydrogens is 366 g/mol. The summed E-state index contributed by atoms with van der Waals surface area (Å²) in [5, 5.41) is 6.31. The van der Waals surface area contributed by atoms with Crippen molar-refractivity contribution < 1.29 is 4.74 Å². The summed E-state index contributed by atoms with van der Waals surface area (Å²) in [6, 6.07) is 6.18. The molecule has 1 aromatic carbocycles. The average molecular weight is 402 g/mol. The lowest BCUT2D eigenvalue weighted by atomic mass is 10.1.